The molecule has 2 atom stereocenters. The number of carbonyl (C=O) groups excluding carboxylic acids is 1. The lowest BCUT2D eigenvalue weighted by atomic mass is 9.97. The van der Waals surface area contributed by atoms with Gasteiger partial charge in [0.2, 0.25) is 0 Å². The fraction of sp³-hybridized carbons (Fsp3) is 0.200. The van der Waals surface area contributed by atoms with Gasteiger partial charge in [-0.05, 0) is 84.1 Å². The second-order valence-corrected chi connectivity index (χ2v) is 11.6. The number of aliphatic hydroxyl groups is 1. The molecule has 2 heterocycles. The van der Waals surface area contributed by atoms with Crippen LogP contribution < -0.4 is 14.8 Å². The van der Waals surface area contributed by atoms with E-state index in [0.717, 1.165) is 35.3 Å². The number of benzene rings is 3. The van der Waals surface area contributed by atoms with Crippen LogP contribution in [-0.2, 0) is 16.4 Å². The molecule has 0 spiro atoms. The van der Waals surface area contributed by atoms with E-state index in [9.17, 15) is 18.3 Å². The molecule has 4 aromatic rings. The molecule has 1 unspecified atom stereocenters. The summed E-state index contributed by atoms with van der Waals surface area (Å²) in [7, 11) is -4.09. The minimum absolute atomic E-state index is 0.0131. The molecule has 1 aromatic heterocycles. The molecule has 0 saturated heterocycles. The van der Waals surface area contributed by atoms with Crippen LogP contribution in [0.15, 0.2) is 96.2 Å². The smallest absolute Gasteiger partial charge is 0.264 e. The third-order valence-corrected chi connectivity index (χ3v) is 8.26. The zero-order valence-corrected chi connectivity index (χ0v) is 23.0. The number of aryl methyl sites for hydroxylation is 1. The van der Waals surface area contributed by atoms with Crippen LogP contribution in [0, 0.1) is 0 Å². The van der Waals surface area contributed by atoms with Gasteiger partial charge in [0.15, 0.2) is 0 Å². The molecule has 0 saturated carbocycles. The first kappa shape index (κ1) is 27.8. The van der Waals surface area contributed by atoms with E-state index in [2.05, 4.69) is 15.0 Å². The van der Waals surface area contributed by atoms with Crippen molar-refractivity contribution in [2.75, 3.05) is 13.1 Å². The molecular weight excluding hydrogens is 550 g/mol. The van der Waals surface area contributed by atoms with Crippen LogP contribution in [0.5, 0.6) is 5.75 Å². The Kier molecular flexibility index (Phi) is 8.46. The van der Waals surface area contributed by atoms with Crippen molar-refractivity contribution in [3.8, 4) is 16.9 Å². The summed E-state index contributed by atoms with van der Waals surface area (Å²) >= 11 is 5.85. The van der Waals surface area contributed by atoms with Crippen LogP contribution >= 0.6 is 11.6 Å². The Bertz CT molecular complexity index is 1600. The fourth-order valence-corrected chi connectivity index (χ4v) is 5.67. The molecule has 0 bridgehead atoms. The highest BCUT2D eigenvalue weighted by Crippen LogP contribution is 2.32. The number of amides is 1. The Labute approximate surface area is 238 Å². The maximum Gasteiger partial charge on any atom is 0.264 e. The number of aliphatic hydroxyl groups excluding tert-OH is 1. The molecule has 10 heteroatoms. The number of sulfonamides is 1. The summed E-state index contributed by atoms with van der Waals surface area (Å²) in [6.45, 7) is 0.997. The lowest BCUT2D eigenvalue weighted by molar-refractivity contribution is 0.0981. The summed E-state index contributed by atoms with van der Waals surface area (Å²) in [5.74, 6) is 0.0530. The molecule has 3 aromatic carbocycles. The van der Waals surface area contributed by atoms with Crippen LogP contribution in [0.2, 0.25) is 5.02 Å². The molecule has 8 nitrogen and oxygen atoms in total. The Hall–Kier alpha value is -3.76. The van der Waals surface area contributed by atoms with Gasteiger partial charge in [-0.1, -0.05) is 35.9 Å². The highest BCUT2D eigenvalue weighted by Gasteiger charge is 2.22. The Balaban J connectivity index is 1.22. The number of aromatic nitrogens is 1. The minimum atomic E-state index is -4.09. The lowest BCUT2D eigenvalue weighted by Crippen LogP contribution is -2.36. The SMILES string of the molecule is O=C(NS(=O)(=O)c1cccc(-c2ccc3c(c2)CCC(CNC[C@H](O)c2cccnc2)O3)c1)c1ccc(Cl)cc1. The van der Waals surface area contributed by atoms with Gasteiger partial charge < -0.3 is 15.2 Å². The topological polar surface area (TPSA) is 118 Å². The number of carbonyl (C=O) groups is 1. The largest absolute Gasteiger partial charge is 0.489 e. The number of hydrogen-bond donors (Lipinski definition) is 3. The normalized spacial score (nSPS) is 15.5. The van der Waals surface area contributed by atoms with Gasteiger partial charge in [-0.25, -0.2) is 13.1 Å². The summed E-state index contributed by atoms with van der Waals surface area (Å²) in [6.07, 6.45) is 4.26. The molecule has 3 N–H and O–H groups in total. The number of rotatable bonds is 9. The monoisotopic (exact) mass is 577 g/mol. The van der Waals surface area contributed by atoms with Gasteiger partial charge in [0.25, 0.3) is 15.9 Å². The predicted octanol–water partition coefficient (Wildman–Crippen LogP) is 4.54. The van der Waals surface area contributed by atoms with E-state index in [-0.39, 0.29) is 16.6 Å². The maximum absolute atomic E-state index is 12.9. The van der Waals surface area contributed by atoms with Crippen LogP contribution in [0.1, 0.15) is 34.0 Å². The van der Waals surface area contributed by atoms with Gasteiger partial charge in [0.05, 0.1) is 11.0 Å². The predicted molar refractivity (Wildman–Crippen MR) is 153 cm³/mol. The van der Waals surface area contributed by atoms with Gasteiger partial charge in [-0.15, -0.1) is 0 Å². The number of hydrogen-bond acceptors (Lipinski definition) is 7. The quantitative estimate of drug-likeness (QED) is 0.267. The maximum atomic E-state index is 12.9. The second-order valence-electron chi connectivity index (χ2n) is 9.53. The molecule has 5 rings (SSSR count). The number of halogens is 1. The van der Waals surface area contributed by atoms with Crippen LogP contribution in [0.3, 0.4) is 0 Å². The Morgan fingerprint density at radius 1 is 1.05 bits per heavy atom. The number of nitrogens with zero attached hydrogens (tertiary/aromatic N) is 1. The number of nitrogens with one attached hydrogen (secondary N) is 2. The van der Waals surface area contributed by atoms with Crippen molar-refractivity contribution in [3.05, 3.63) is 113 Å². The molecule has 40 heavy (non-hydrogen) atoms. The molecular formula is C30H28ClN3O5S. The zero-order valence-electron chi connectivity index (χ0n) is 21.5. The van der Waals surface area contributed by atoms with E-state index in [1.54, 1.807) is 30.6 Å². The fourth-order valence-electron chi connectivity index (χ4n) is 4.52. The lowest BCUT2D eigenvalue weighted by Gasteiger charge is -2.27. The van der Waals surface area contributed by atoms with Crippen LogP contribution in [-0.4, -0.2) is 43.6 Å². The van der Waals surface area contributed by atoms with Gasteiger partial charge in [0, 0.05) is 41.6 Å². The van der Waals surface area contributed by atoms with E-state index in [1.165, 1.54) is 30.3 Å². The first-order valence-electron chi connectivity index (χ1n) is 12.8. The third kappa shape index (κ3) is 6.68. The van der Waals surface area contributed by atoms with Gasteiger partial charge in [0.1, 0.15) is 11.9 Å². The first-order chi connectivity index (χ1) is 19.3. The average molecular weight is 578 g/mol. The van der Waals surface area contributed by atoms with E-state index in [1.807, 2.05) is 30.3 Å². The summed E-state index contributed by atoms with van der Waals surface area (Å²) in [4.78, 5) is 16.5. The summed E-state index contributed by atoms with van der Waals surface area (Å²) in [6, 6.07) is 21.9. The zero-order chi connectivity index (χ0) is 28.1. The molecule has 1 amide bonds. The first-order valence-corrected chi connectivity index (χ1v) is 14.7. The van der Waals surface area contributed by atoms with Crippen molar-refractivity contribution in [2.45, 2.75) is 29.9 Å². The van der Waals surface area contributed by atoms with Gasteiger partial charge >= 0.3 is 0 Å². The summed E-state index contributed by atoms with van der Waals surface area (Å²) < 4.78 is 34.2. The second kappa shape index (κ2) is 12.2. The molecule has 0 fully saturated rings. The molecule has 206 valence electrons. The number of pyridine rings is 1. The Morgan fingerprint density at radius 3 is 2.62 bits per heavy atom. The van der Waals surface area contributed by atoms with E-state index in [0.29, 0.717) is 23.7 Å². The highest BCUT2D eigenvalue weighted by molar-refractivity contribution is 7.90. The van der Waals surface area contributed by atoms with E-state index < -0.39 is 22.0 Å². The Morgan fingerprint density at radius 2 is 1.85 bits per heavy atom. The van der Waals surface area contributed by atoms with Crippen LogP contribution in [0.25, 0.3) is 11.1 Å². The van der Waals surface area contributed by atoms with Crippen molar-refractivity contribution >= 4 is 27.5 Å². The van der Waals surface area contributed by atoms with Crippen molar-refractivity contribution in [1.29, 1.82) is 0 Å². The van der Waals surface area contributed by atoms with Crippen molar-refractivity contribution in [2.24, 2.45) is 0 Å². The van der Waals surface area contributed by atoms with Crippen molar-refractivity contribution in [3.63, 3.8) is 0 Å². The highest BCUT2D eigenvalue weighted by atomic mass is 35.5. The molecule has 0 radical (unpaired) electrons. The van der Waals surface area contributed by atoms with Crippen molar-refractivity contribution < 1.29 is 23.1 Å². The number of ether oxygens (including phenoxy) is 1. The van der Waals surface area contributed by atoms with Crippen LogP contribution in [0.4, 0.5) is 0 Å². The minimum Gasteiger partial charge on any atom is -0.489 e. The van der Waals surface area contributed by atoms with Gasteiger partial charge in [-0.3, -0.25) is 9.78 Å². The third-order valence-electron chi connectivity index (χ3n) is 6.68. The molecule has 1 aliphatic heterocycles. The van der Waals surface area contributed by atoms with Crippen molar-refractivity contribution in [1.82, 2.24) is 15.0 Å². The standard InChI is InChI=1S/C30H28ClN3O5S/c31-25-10-6-20(7-11-25)30(36)34-40(37,38)27-5-1-3-21(16-27)22-9-13-29-23(15-22)8-12-26(39-29)18-33-19-28(35)24-4-2-14-32-17-24/h1-7,9-11,13-17,26,28,33,35H,8,12,18-19H2,(H,34,36)/t26?,28-/m0/s1. The summed E-state index contributed by atoms with van der Waals surface area (Å²) in [5.41, 5.74) is 3.54. The summed E-state index contributed by atoms with van der Waals surface area (Å²) in [5, 5.41) is 14.0. The average Bonchev–Trinajstić information content (AvgIpc) is 2.97. The molecule has 0 aliphatic carbocycles. The molecule has 1 aliphatic rings. The number of fused-ring (bicyclic) bond motifs is 1. The van der Waals surface area contributed by atoms with Gasteiger partial charge in [-0.2, -0.15) is 0 Å². The van der Waals surface area contributed by atoms with E-state index in [4.69, 9.17) is 16.3 Å². The van der Waals surface area contributed by atoms with E-state index >= 15 is 0 Å².